The van der Waals surface area contributed by atoms with Crippen LogP contribution in [0.4, 0.5) is 0 Å². The Morgan fingerprint density at radius 2 is 0.900 bits per heavy atom. The molecule has 0 aliphatic heterocycles. The average molecular weight is 693 g/mol. The van der Waals surface area contributed by atoms with E-state index in [4.69, 9.17) is 9.84 Å². The topological polar surface area (TPSA) is 63.6 Å². The van der Waals surface area contributed by atoms with Gasteiger partial charge < -0.3 is 9.84 Å². The molecule has 1 unspecified atom stereocenters. The van der Waals surface area contributed by atoms with Crippen molar-refractivity contribution >= 4 is 11.9 Å². The monoisotopic (exact) mass is 693 g/mol. The lowest BCUT2D eigenvalue weighted by Crippen LogP contribution is -2.16. The van der Waals surface area contributed by atoms with Gasteiger partial charge in [-0.1, -0.05) is 163 Å². The number of unbranched alkanes of at least 4 members (excludes halogenated alkanes) is 15. The number of carboxylic acid groups (broad SMARTS) is 1. The van der Waals surface area contributed by atoms with Crippen LogP contribution >= 0.6 is 0 Å². The Morgan fingerprint density at radius 1 is 0.480 bits per heavy atom. The van der Waals surface area contributed by atoms with Crippen molar-refractivity contribution in [3.05, 3.63) is 85.1 Å². The van der Waals surface area contributed by atoms with Gasteiger partial charge in [0.15, 0.2) is 0 Å². The van der Waals surface area contributed by atoms with E-state index in [1.807, 2.05) is 0 Å². The number of carboxylic acids is 1. The molecule has 50 heavy (non-hydrogen) atoms. The smallest absolute Gasteiger partial charge is 0.306 e. The van der Waals surface area contributed by atoms with Gasteiger partial charge in [0.1, 0.15) is 6.10 Å². The van der Waals surface area contributed by atoms with Crippen LogP contribution in [0.3, 0.4) is 0 Å². The van der Waals surface area contributed by atoms with Crippen LogP contribution in [0.25, 0.3) is 0 Å². The van der Waals surface area contributed by atoms with Crippen LogP contribution in [-0.2, 0) is 14.3 Å². The lowest BCUT2D eigenvalue weighted by atomic mass is 10.1. The fourth-order valence-corrected chi connectivity index (χ4v) is 5.57. The minimum atomic E-state index is -0.719. The van der Waals surface area contributed by atoms with Crippen LogP contribution in [0, 0.1) is 0 Å². The number of esters is 1. The maximum absolute atomic E-state index is 12.6. The van der Waals surface area contributed by atoms with E-state index in [-0.39, 0.29) is 18.5 Å². The molecule has 0 radical (unpaired) electrons. The summed E-state index contributed by atoms with van der Waals surface area (Å²) in [5.41, 5.74) is 0. The van der Waals surface area contributed by atoms with E-state index >= 15 is 0 Å². The molecular weight excluding hydrogens is 617 g/mol. The number of aliphatic carboxylic acids is 1. The second kappa shape index (κ2) is 40.5. The van der Waals surface area contributed by atoms with E-state index in [1.165, 1.54) is 70.6 Å². The first-order valence-corrected chi connectivity index (χ1v) is 20.6. The number of carbonyl (C=O) groups excluding carboxylic acids is 1. The van der Waals surface area contributed by atoms with Gasteiger partial charge in [0.2, 0.25) is 0 Å². The van der Waals surface area contributed by atoms with E-state index in [2.05, 4.69) is 98.9 Å². The Balaban J connectivity index is 4.10. The molecular formula is C46H76O4. The Morgan fingerprint density at radius 3 is 1.42 bits per heavy atom. The molecule has 1 N–H and O–H groups in total. The zero-order chi connectivity index (χ0) is 36.4. The number of allylic oxidation sites excluding steroid dienone is 13. The second-order valence-electron chi connectivity index (χ2n) is 13.4. The normalized spacial score (nSPS) is 13.2. The highest BCUT2D eigenvalue weighted by Crippen LogP contribution is 2.15. The van der Waals surface area contributed by atoms with Crippen LogP contribution in [0.1, 0.15) is 187 Å². The van der Waals surface area contributed by atoms with Crippen LogP contribution in [-0.4, -0.2) is 23.1 Å². The summed E-state index contributed by atoms with van der Waals surface area (Å²) in [6, 6.07) is 0. The fraction of sp³-hybridized carbons (Fsp3) is 0.652. The van der Waals surface area contributed by atoms with Crippen molar-refractivity contribution in [2.24, 2.45) is 0 Å². The number of carbonyl (C=O) groups is 2. The van der Waals surface area contributed by atoms with Crippen molar-refractivity contribution in [1.29, 1.82) is 0 Å². The van der Waals surface area contributed by atoms with Gasteiger partial charge in [-0.25, -0.2) is 0 Å². The summed E-state index contributed by atoms with van der Waals surface area (Å²) in [6.07, 6.45) is 59.0. The molecule has 4 nitrogen and oxygen atoms in total. The Kier molecular flexibility index (Phi) is 38.2. The minimum absolute atomic E-state index is 0.0827. The van der Waals surface area contributed by atoms with Gasteiger partial charge in [-0.3, -0.25) is 9.59 Å². The summed E-state index contributed by atoms with van der Waals surface area (Å²) in [4.78, 5) is 23.4. The van der Waals surface area contributed by atoms with Crippen molar-refractivity contribution < 1.29 is 19.4 Å². The quantitative estimate of drug-likeness (QED) is 0.0403. The Hall–Kier alpha value is -2.88. The molecule has 0 aliphatic rings. The third-order valence-electron chi connectivity index (χ3n) is 8.59. The van der Waals surface area contributed by atoms with Crippen molar-refractivity contribution in [3.8, 4) is 0 Å². The van der Waals surface area contributed by atoms with Crippen LogP contribution in [0.5, 0.6) is 0 Å². The van der Waals surface area contributed by atoms with Crippen molar-refractivity contribution in [2.45, 2.75) is 193 Å². The predicted molar refractivity (Wildman–Crippen MR) is 218 cm³/mol. The third-order valence-corrected chi connectivity index (χ3v) is 8.59. The molecule has 0 rings (SSSR count). The maximum Gasteiger partial charge on any atom is 0.306 e. The van der Waals surface area contributed by atoms with E-state index in [0.717, 1.165) is 89.9 Å². The maximum atomic E-state index is 12.6. The van der Waals surface area contributed by atoms with Gasteiger partial charge in [-0.15, -0.1) is 0 Å². The average Bonchev–Trinajstić information content (AvgIpc) is 3.10. The molecule has 0 bridgehead atoms. The van der Waals surface area contributed by atoms with Gasteiger partial charge in [0.05, 0.1) is 0 Å². The molecule has 1 atom stereocenters. The fourth-order valence-electron chi connectivity index (χ4n) is 5.57. The van der Waals surface area contributed by atoms with Crippen molar-refractivity contribution in [3.63, 3.8) is 0 Å². The number of hydrogen-bond acceptors (Lipinski definition) is 3. The lowest BCUT2D eigenvalue weighted by molar-refractivity contribution is -0.147. The van der Waals surface area contributed by atoms with E-state index < -0.39 is 5.97 Å². The van der Waals surface area contributed by atoms with Crippen LogP contribution in [0.15, 0.2) is 85.1 Å². The molecule has 0 fully saturated rings. The van der Waals surface area contributed by atoms with Crippen molar-refractivity contribution in [2.75, 3.05) is 0 Å². The summed E-state index contributed by atoms with van der Waals surface area (Å²) in [5, 5.41) is 8.82. The first kappa shape index (κ1) is 47.1. The molecule has 0 saturated heterocycles. The van der Waals surface area contributed by atoms with Gasteiger partial charge in [-0.2, -0.15) is 0 Å². The van der Waals surface area contributed by atoms with Crippen LogP contribution in [0.2, 0.25) is 0 Å². The first-order chi connectivity index (χ1) is 24.6. The third kappa shape index (κ3) is 39.6. The molecule has 0 spiro atoms. The first-order valence-electron chi connectivity index (χ1n) is 20.6. The summed E-state index contributed by atoms with van der Waals surface area (Å²) in [7, 11) is 0. The molecule has 0 aromatic rings. The van der Waals surface area contributed by atoms with E-state index in [9.17, 15) is 9.59 Å². The van der Waals surface area contributed by atoms with E-state index in [0.29, 0.717) is 6.42 Å². The summed E-state index contributed by atoms with van der Waals surface area (Å²) in [6.45, 7) is 4.40. The number of rotatable bonds is 36. The molecule has 0 amide bonds. The van der Waals surface area contributed by atoms with Crippen LogP contribution < -0.4 is 0 Å². The predicted octanol–water partition coefficient (Wildman–Crippen LogP) is 14.4. The van der Waals surface area contributed by atoms with Gasteiger partial charge in [0, 0.05) is 12.8 Å². The highest BCUT2D eigenvalue weighted by Gasteiger charge is 2.11. The molecule has 0 aliphatic carbocycles. The Bertz CT molecular complexity index is 965. The van der Waals surface area contributed by atoms with Crippen molar-refractivity contribution in [1.82, 2.24) is 0 Å². The SMILES string of the molecule is CC/C=C\C/C=C\C/C=C\C/C=C\CCCCCCCCCCC(=O)OC(/C=C\C/C=C\C/C=C\CCCCC)CCCCCCCC(=O)O. The highest BCUT2D eigenvalue weighted by atomic mass is 16.5. The second-order valence-corrected chi connectivity index (χ2v) is 13.4. The molecule has 0 aromatic heterocycles. The van der Waals surface area contributed by atoms with Gasteiger partial charge in [-0.05, 0) is 96.0 Å². The largest absolute Gasteiger partial charge is 0.481 e. The highest BCUT2D eigenvalue weighted by molar-refractivity contribution is 5.69. The molecule has 0 heterocycles. The molecule has 0 aromatic carbocycles. The summed E-state index contributed by atoms with van der Waals surface area (Å²) >= 11 is 0. The summed E-state index contributed by atoms with van der Waals surface area (Å²) < 4.78 is 5.89. The zero-order valence-electron chi connectivity index (χ0n) is 32.4. The lowest BCUT2D eigenvalue weighted by Gasteiger charge is -2.14. The summed E-state index contributed by atoms with van der Waals surface area (Å²) in [5.74, 6) is -0.802. The standard InChI is InChI=1S/C46H76O4/c1-3-5-7-9-11-13-15-16-17-18-19-20-21-22-23-24-26-28-30-35-39-43-46(49)50-44(41-37-33-31-34-38-42-45(47)48)40-36-32-29-27-25-14-12-10-8-6-4-2/h5,7,11-14,16-17,19-20,27,29,36,40,44H,3-4,6,8-10,15,18,21-26,28,30-35,37-39,41-43H2,1-2H3,(H,47,48)/b7-5-,13-11-,14-12-,17-16-,20-19-,29-27-,40-36-. The molecule has 284 valence electrons. The molecule has 0 saturated carbocycles. The molecule has 4 heteroatoms. The Labute approximate surface area is 309 Å². The number of ether oxygens (including phenoxy) is 1. The minimum Gasteiger partial charge on any atom is -0.481 e. The van der Waals surface area contributed by atoms with E-state index in [1.54, 1.807) is 0 Å². The zero-order valence-corrected chi connectivity index (χ0v) is 32.4. The number of hydrogen-bond donors (Lipinski definition) is 1. The van der Waals surface area contributed by atoms with Gasteiger partial charge >= 0.3 is 11.9 Å². The van der Waals surface area contributed by atoms with Gasteiger partial charge in [0.25, 0.3) is 0 Å².